The summed E-state index contributed by atoms with van der Waals surface area (Å²) in [6.45, 7) is 1.09. The number of fused-ring (bicyclic) bond motifs is 3. The van der Waals surface area contributed by atoms with Crippen molar-refractivity contribution >= 4 is 35.4 Å². The van der Waals surface area contributed by atoms with Gasteiger partial charge in [0.15, 0.2) is 0 Å². The van der Waals surface area contributed by atoms with Gasteiger partial charge in [0.25, 0.3) is 0 Å². The first-order chi connectivity index (χ1) is 12.8. The Hall–Kier alpha value is -1.40. The minimum Gasteiger partial charge on any atom is -0.400 e. The Morgan fingerprint density at radius 3 is 2.67 bits per heavy atom. The average Bonchev–Trinajstić information content (AvgIpc) is 3.25. The quantitative estimate of drug-likeness (QED) is 0.309. The Morgan fingerprint density at radius 1 is 1.22 bits per heavy atom. The topological polar surface area (TPSA) is 81.6 Å². The molecule has 1 aromatic rings. The number of rotatable bonds is 5. The van der Waals surface area contributed by atoms with E-state index in [1.807, 2.05) is 4.90 Å². The van der Waals surface area contributed by atoms with E-state index in [0.29, 0.717) is 36.7 Å². The first kappa shape index (κ1) is 18.9. The summed E-state index contributed by atoms with van der Waals surface area (Å²) in [6.07, 6.45) is -3.84. The van der Waals surface area contributed by atoms with Crippen LogP contribution in [0.2, 0.25) is 0 Å². The number of ether oxygens (including phenoxy) is 2. The molecule has 0 aliphatic carbocycles. The molecule has 1 spiro atoms. The lowest BCUT2D eigenvalue weighted by Gasteiger charge is -2.37. The van der Waals surface area contributed by atoms with Crippen LogP contribution in [-0.4, -0.2) is 56.5 Å². The summed E-state index contributed by atoms with van der Waals surface area (Å²) in [4.78, 5) is 24.8. The molecule has 4 rings (SSSR count). The maximum Gasteiger partial charge on any atom is 0.421 e. The van der Waals surface area contributed by atoms with Gasteiger partial charge in [-0.3, -0.25) is 0 Å². The summed E-state index contributed by atoms with van der Waals surface area (Å²) in [5.41, 5.74) is 0.775. The second-order valence-electron chi connectivity index (χ2n) is 6.82. The van der Waals surface area contributed by atoms with E-state index in [0.717, 1.165) is 17.4 Å². The van der Waals surface area contributed by atoms with E-state index in [4.69, 9.17) is 9.47 Å². The van der Waals surface area contributed by atoms with Gasteiger partial charge < -0.3 is 9.47 Å². The molecule has 148 valence electrons. The summed E-state index contributed by atoms with van der Waals surface area (Å²) in [7, 11) is 0. The number of piperidine rings is 1. The number of hydrogen-bond acceptors (Lipinski definition) is 9. The van der Waals surface area contributed by atoms with E-state index < -0.39 is 30.4 Å². The van der Waals surface area contributed by atoms with Crippen LogP contribution in [0.1, 0.15) is 37.3 Å². The molecule has 1 aromatic heterocycles. The van der Waals surface area contributed by atoms with Crippen LogP contribution in [0.15, 0.2) is 5.03 Å². The van der Waals surface area contributed by atoms with Crippen molar-refractivity contribution in [2.45, 2.75) is 48.7 Å². The van der Waals surface area contributed by atoms with Gasteiger partial charge in [0.05, 0.1) is 17.4 Å². The molecule has 7 nitrogen and oxygen atoms in total. The number of nitrogens with zero attached hydrogens (tertiary/aromatic N) is 3. The molecule has 0 amide bonds. The molecule has 3 aliphatic rings. The normalized spacial score (nSPS) is 29.2. The van der Waals surface area contributed by atoms with Gasteiger partial charge >= 0.3 is 24.0 Å². The maximum absolute atomic E-state index is 12.3. The zero-order valence-corrected chi connectivity index (χ0v) is 15.7. The van der Waals surface area contributed by atoms with Crippen molar-refractivity contribution in [3.8, 4) is 0 Å². The minimum atomic E-state index is -4.15. The highest BCUT2D eigenvalue weighted by molar-refractivity contribution is 7.99. The van der Waals surface area contributed by atoms with Crippen LogP contribution in [0.25, 0.3) is 0 Å². The van der Waals surface area contributed by atoms with Gasteiger partial charge in [-0.2, -0.15) is 21.9 Å². The standard InChI is InChI=1S/C15H16F3N3O4S2/c16-14(17,18)3-1-5-26-11-10(19-27-20-11)9-7-21-6-8(9)2-4-15(21)24-12(22)13(23)25-15/h8-9H,1-7H2. The zero-order valence-electron chi connectivity index (χ0n) is 14.0. The van der Waals surface area contributed by atoms with Gasteiger partial charge in [0.1, 0.15) is 5.03 Å². The molecule has 3 aliphatic heterocycles. The van der Waals surface area contributed by atoms with Crippen LogP contribution in [0.4, 0.5) is 13.2 Å². The van der Waals surface area contributed by atoms with E-state index in [-0.39, 0.29) is 18.3 Å². The minimum absolute atomic E-state index is 0.0197. The summed E-state index contributed by atoms with van der Waals surface area (Å²) < 4.78 is 55.9. The van der Waals surface area contributed by atoms with Gasteiger partial charge in [-0.25, -0.2) is 14.5 Å². The Bertz CT molecular complexity index is 741. The van der Waals surface area contributed by atoms with Crippen molar-refractivity contribution in [1.82, 2.24) is 13.6 Å². The summed E-state index contributed by atoms with van der Waals surface area (Å²) in [5, 5.41) is 0.662. The van der Waals surface area contributed by atoms with E-state index in [1.54, 1.807) is 0 Å². The lowest BCUT2D eigenvalue weighted by molar-refractivity contribution is -0.257. The third kappa shape index (κ3) is 3.66. The van der Waals surface area contributed by atoms with Crippen molar-refractivity contribution < 1.29 is 32.2 Å². The second kappa shape index (κ2) is 6.89. The van der Waals surface area contributed by atoms with Gasteiger partial charge in [-0.05, 0) is 24.5 Å². The molecule has 3 saturated heterocycles. The SMILES string of the molecule is O=C1OC2(CCC3CN2CC3c2nsnc2SCCCC(F)(F)F)OC1=O. The Balaban J connectivity index is 1.42. The van der Waals surface area contributed by atoms with Crippen molar-refractivity contribution in [2.75, 3.05) is 18.8 Å². The van der Waals surface area contributed by atoms with Crippen molar-refractivity contribution in [1.29, 1.82) is 0 Å². The lowest BCUT2D eigenvalue weighted by Crippen LogP contribution is -2.51. The van der Waals surface area contributed by atoms with Crippen LogP contribution in [0.5, 0.6) is 0 Å². The smallest absolute Gasteiger partial charge is 0.400 e. The third-order valence-corrected chi connectivity index (χ3v) is 6.83. The van der Waals surface area contributed by atoms with Crippen molar-refractivity contribution in [2.24, 2.45) is 5.92 Å². The summed E-state index contributed by atoms with van der Waals surface area (Å²) in [5.74, 6) is -2.69. The molecule has 3 unspecified atom stereocenters. The highest BCUT2D eigenvalue weighted by atomic mass is 32.2. The molecular weight excluding hydrogens is 407 g/mol. The third-order valence-electron chi connectivity index (χ3n) is 5.10. The average molecular weight is 423 g/mol. The Morgan fingerprint density at radius 2 is 1.96 bits per heavy atom. The van der Waals surface area contributed by atoms with Crippen LogP contribution in [-0.2, 0) is 19.1 Å². The lowest BCUT2D eigenvalue weighted by atomic mass is 9.88. The number of thioether (sulfide) groups is 1. The monoisotopic (exact) mass is 423 g/mol. The number of carbonyl (C=O) groups excluding carboxylic acids is 2. The van der Waals surface area contributed by atoms with Crippen molar-refractivity contribution in [3.63, 3.8) is 0 Å². The summed E-state index contributed by atoms with van der Waals surface area (Å²) >= 11 is 2.33. The van der Waals surface area contributed by atoms with Crippen molar-refractivity contribution in [3.05, 3.63) is 5.69 Å². The molecule has 0 aromatic carbocycles. The first-order valence-electron chi connectivity index (χ1n) is 8.51. The second-order valence-corrected chi connectivity index (χ2v) is 8.44. The number of carbonyl (C=O) groups is 2. The van der Waals surface area contributed by atoms with Crippen LogP contribution >= 0.6 is 23.5 Å². The highest BCUT2D eigenvalue weighted by Crippen LogP contribution is 2.48. The molecule has 0 N–H and O–H groups in total. The van der Waals surface area contributed by atoms with E-state index in [2.05, 4.69) is 8.75 Å². The number of hydrogen-bond donors (Lipinski definition) is 0. The molecule has 3 fully saturated rings. The van der Waals surface area contributed by atoms with E-state index in [9.17, 15) is 22.8 Å². The Labute approximate surface area is 160 Å². The van der Waals surface area contributed by atoms with Gasteiger partial charge in [0.2, 0.25) is 0 Å². The molecule has 12 heteroatoms. The van der Waals surface area contributed by atoms with Crippen LogP contribution in [0.3, 0.4) is 0 Å². The zero-order chi connectivity index (χ0) is 19.2. The molecule has 0 saturated carbocycles. The maximum atomic E-state index is 12.3. The Kier molecular flexibility index (Phi) is 4.83. The van der Waals surface area contributed by atoms with E-state index >= 15 is 0 Å². The number of alkyl halides is 3. The molecule has 27 heavy (non-hydrogen) atoms. The fourth-order valence-corrected chi connectivity index (χ4v) is 5.57. The fourth-order valence-electron chi connectivity index (χ4n) is 3.86. The van der Waals surface area contributed by atoms with Gasteiger partial charge in [-0.15, -0.1) is 11.8 Å². The largest absolute Gasteiger partial charge is 0.421 e. The number of aromatic nitrogens is 2. The summed E-state index contributed by atoms with van der Waals surface area (Å²) in [6, 6.07) is 0. The molecule has 3 atom stereocenters. The highest BCUT2D eigenvalue weighted by Gasteiger charge is 2.59. The predicted octanol–water partition coefficient (Wildman–Crippen LogP) is 2.54. The number of esters is 2. The van der Waals surface area contributed by atoms with Crippen LogP contribution < -0.4 is 0 Å². The van der Waals surface area contributed by atoms with E-state index in [1.165, 1.54) is 11.8 Å². The van der Waals surface area contributed by atoms with Gasteiger partial charge in [0, 0.05) is 31.8 Å². The molecular formula is C15H16F3N3O4S2. The molecule has 2 bridgehead atoms. The predicted molar refractivity (Wildman–Crippen MR) is 87.9 cm³/mol. The first-order valence-corrected chi connectivity index (χ1v) is 10.2. The van der Waals surface area contributed by atoms with Crippen LogP contribution in [0, 0.1) is 5.92 Å². The van der Waals surface area contributed by atoms with Gasteiger partial charge in [-0.1, -0.05) is 0 Å². The number of halogens is 3. The molecule has 0 radical (unpaired) electrons. The molecule has 4 heterocycles. The fraction of sp³-hybridized carbons (Fsp3) is 0.733.